The van der Waals surface area contributed by atoms with Crippen LogP contribution in [0.5, 0.6) is 0 Å². The van der Waals surface area contributed by atoms with Crippen molar-refractivity contribution in [1.82, 2.24) is 4.31 Å². The third-order valence-electron chi connectivity index (χ3n) is 4.41. The molecular formula is C20H26N2O3S. The van der Waals surface area contributed by atoms with E-state index in [1.165, 1.54) is 10.4 Å². The van der Waals surface area contributed by atoms with Crippen molar-refractivity contribution in [2.75, 3.05) is 18.4 Å². The summed E-state index contributed by atoms with van der Waals surface area (Å²) in [5.74, 6) is -0.324. The fourth-order valence-corrected chi connectivity index (χ4v) is 4.50. The second kappa shape index (κ2) is 8.01. The highest BCUT2D eigenvalue weighted by atomic mass is 32.2. The average molecular weight is 375 g/mol. The number of carbonyl (C=O) groups excluding carboxylic acids is 1. The fraction of sp³-hybridized carbons (Fsp3) is 0.350. The van der Waals surface area contributed by atoms with Crippen molar-refractivity contribution < 1.29 is 13.2 Å². The lowest BCUT2D eigenvalue weighted by Gasteiger charge is -2.20. The van der Waals surface area contributed by atoms with Crippen LogP contribution in [0.2, 0.25) is 0 Å². The number of hydrogen-bond donors (Lipinski definition) is 1. The Hall–Kier alpha value is -2.18. The van der Waals surface area contributed by atoms with E-state index in [-0.39, 0.29) is 10.8 Å². The Bertz CT molecular complexity index is 917. The molecule has 0 unspecified atom stereocenters. The molecule has 140 valence electrons. The van der Waals surface area contributed by atoms with Gasteiger partial charge in [0.15, 0.2) is 0 Å². The molecule has 0 bridgehead atoms. The maximum atomic E-state index is 12.8. The van der Waals surface area contributed by atoms with Gasteiger partial charge < -0.3 is 5.32 Å². The van der Waals surface area contributed by atoms with Crippen molar-refractivity contribution in [3.8, 4) is 0 Å². The van der Waals surface area contributed by atoms with Gasteiger partial charge in [0, 0.05) is 24.3 Å². The topological polar surface area (TPSA) is 66.5 Å². The molecule has 0 saturated heterocycles. The third kappa shape index (κ3) is 4.14. The van der Waals surface area contributed by atoms with Gasteiger partial charge in [0.1, 0.15) is 0 Å². The normalized spacial score (nSPS) is 11.6. The molecule has 0 aliphatic carbocycles. The molecule has 0 saturated carbocycles. The van der Waals surface area contributed by atoms with Gasteiger partial charge in [0.25, 0.3) is 5.91 Å². The van der Waals surface area contributed by atoms with Gasteiger partial charge in [-0.25, -0.2) is 8.42 Å². The van der Waals surface area contributed by atoms with E-state index in [1.807, 2.05) is 32.0 Å². The van der Waals surface area contributed by atoms with Crippen molar-refractivity contribution in [2.24, 2.45) is 0 Å². The summed E-state index contributed by atoms with van der Waals surface area (Å²) in [5, 5.41) is 2.88. The molecule has 2 aromatic carbocycles. The Morgan fingerprint density at radius 1 is 0.962 bits per heavy atom. The van der Waals surface area contributed by atoms with Crippen LogP contribution in [0.25, 0.3) is 0 Å². The molecule has 2 aromatic rings. The lowest BCUT2D eigenvalue weighted by atomic mass is 10.1. The van der Waals surface area contributed by atoms with Crippen LogP contribution >= 0.6 is 0 Å². The lowest BCUT2D eigenvalue weighted by molar-refractivity contribution is 0.102. The van der Waals surface area contributed by atoms with Crippen LogP contribution in [0.4, 0.5) is 5.69 Å². The molecule has 6 heteroatoms. The predicted octanol–water partition coefficient (Wildman–Crippen LogP) is 3.89. The van der Waals surface area contributed by atoms with Crippen LogP contribution in [0.15, 0.2) is 41.3 Å². The van der Waals surface area contributed by atoms with Crippen molar-refractivity contribution >= 4 is 21.6 Å². The maximum Gasteiger partial charge on any atom is 0.255 e. The van der Waals surface area contributed by atoms with Gasteiger partial charge in [-0.05, 0) is 55.7 Å². The minimum Gasteiger partial charge on any atom is -0.322 e. The van der Waals surface area contributed by atoms with Crippen LogP contribution in [0, 0.1) is 20.8 Å². The summed E-state index contributed by atoms with van der Waals surface area (Å²) in [4.78, 5) is 12.8. The number of aryl methyl sites for hydroxylation is 3. The lowest BCUT2D eigenvalue weighted by Crippen LogP contribution is -2.31. The second-order valence-electron chi connectivity index (χ2n) is 6.34. The average Bonchev–Trinajstić information content (AvgIpc) is 2.59. The van der Waals surface area contributed by atoms with Gasteiger partial charge in [-0.3, -0.25) is 4.79 Å². The molecule has 0 aromatic heterocycles. The summed E-state index contributed by atoms with van der Waals surface area (Å²) in [6, 6.07) is 10.6. The number of hydrogen-bond acceptors (Lipinski definition) is 3. The van der Waals surface area contributed by atoms with Crippen LogP contribution in [0.1, 0.15) is 40.9 Å². The SMILES string of the molecule is CCN(CC)S(=O)(=O)c1cc(C(=O)Nc2cc(C)ccc2C)ccc1C. The van der Waals surface area contributed by atoms with E-state index in [9.17, 15) is 13.2 Å². The fourth-order valence-electron chi connectivity index (χ4n) is 2.79. The van der Waals surface area contributed by atoms with Crippen LogP contribution in [0.3, 0.4) is 0 Å². The number of amides is 1. The second-order valence-corrected chi connectivity index (χ2v) is 8.25. The molecular weight excluding hydrogens is 348 g/mol. The third-order valence-corrected chi connectivity index (χ3v) is 6.61. The summed E-state index contributed by atoms with van der Waals surface area (Å²) in [5.41, 5.74) is 3.66. The molecule has 0 radical (unpaired) electrons. The Morgan fingerprint density at radius 3 is 2.19 bits per heavy atom. The summed E-state index contributed by atoms with van der Waals surface area (Å²) in [6.45, 7) is 9.98. The molecule has 1 amide bonds. The maximum absolute atomic E-state index is 12.8. The van der Waals surface area contributed by atoms with Crippen LogP contribution in [-0.4, -0.2) is 31.7 Å². The minimum absolute atomic E-state index is 0.176. The summed E-state index contributed by atoms with van der Waals surface area (Å²) >= 11 is 0. The highest BCUT2D eigenvalue weighted by molar-refractivity contribution is 7.89. The number of nitrogens with one attached hydrogen (secondary N) is 1. The van der Waals surface area contributed by atoms with E-state index < -0.39 is 10.0 Å². The Balaban J connectivity index is 2.40. The minimum atomic E-state index is -3.62. The molecule has 0 aliphatic rings. The molecule has 1 N–H and O–H groups in total. The van der Waals surface area contributed by atoms with E-state index in [0.29, 0.717) is 24.2 Å². The van der Waals surface area contributed by atoms with E-state index in [0.717, 1.165) is 16.8 Å². The van der Waals surface area contributed by atoms with Gasteiger partial charge in [0.2, 0.25) is 10.0 Å². The first-order chi connectivity index (χ1) is 12.2. The number of sulfonamides is 1. The quantitative estimate of drug-likeness (QED) is 0.834. The largest absolute Gasteiger partial charge is 0.322 e. The van der Waals surface area contributed by atoms with Crippen LogP contribution in [-0.2, 0) is 10.0 Å². The molecule has 0 spiro atoms. The Labute approximate surface area is 156 Å². The highest BCUT2D eigenvalue weighted by Crippen LogP contribution is 2.23. The van der Waals surface area contributed by atoms with Crippen molar-refractivity contribution in [1.29, 1.82) is 0 Å². The van der Waals surface area contributed by atoms with E-state index >= 15 is 0 Å². The number of rotatable bonds is 6. The molecule has 5 nitrogen and oxygen atoms in total. The van der Waals surface area contributed by atoms with Gasteiger partial charge in [-0.1, -0.05) is 32.0 Å². The predicted molar refractivity (Wildman–Crippen MR) is 105 cm³/mol. The molecule has 0 fully saturated rings. The summed E-state index contributed by atoms with van der Waals surface area (Å²) in [6.07, 6.45) is 0. The standard InChI is InChI=1S/C20H26N2O3S/c1-6-22(7-2)26(24,25)19-13-17(11-10-16(19)5)20(23)21-18-12-14(3)8-9-15(18)4/h8-13H,6-7H2,1-5H3,(H,21,23). The van der Waals surface area contributed by atoms with E-state index in [4.69, 9.17) is 0 Å². The smallest absolute Gasteiger partial charge is 0.255 e. The van der Waals surface area contributed by atoms with E-state index in [1.54, 1.807) is 32.9 Å². The van der Waals surface area contributed by atoms with Crippen molar-refractivity contribution in [2.45, 2.75) is 39.5 Å². The number of carbonyl (C=O) groups is 1. The Kier molecular flexibility index (Phi) is 6.21. The van der Waals surface area contributed by atoms with E-state index in [2.05, 4.69) is 5.32 Å². The molecule has 26 heavy (non-hydrogen) atoms. The monoisotopic (exact) mass is 374 g/mol. The zero-order valence-electron chi connectivity index (χ0n) is 16.0. The molecule has 0 aliphatic heterocycles. The summed E-state index contributed by atoms with van der Waals surface area (Å²) in [7, 11) is -3.62. The first kappa shape index (κ1) is 20.1. The number of anilines is 1. The first-order valence-electron chi connectivity index (χ1n) is 8.70. The summed E-state index contributed by atoms with van der Waals surface area (Å²) < 4.78 is 27.1. The highest BCUT2D eigenvalue weighted by Gasteiger charge is 2.24. The molecule has 0 atom stereocenters. The number of benzene rings is 2. The van der Waals surface area contributed by atoms with Gasteiger partial charge in [-0.15, -0.1) is 0 Å². The molecule has 0 heterocycles. The number of nitrogens with zero attached hydrogens (tertiary/aromatic N) is 1. The van der Waals surface area contributed by atoms with Gasteiger partial charge in [0.05, 0.1) is 4.90 Å². The zero-order chi connectivity index (χ0) is 19.5. The van der Waals surface area contributed by atoms with Gasteiger partial charge >= 0.3 is 0 Å². The zero-order valence-corrected chi connectivity index (χ0v) is 16.8. The van der Waals surface area contributed by atoms with Crippen molar-refractivity contribution in [3.63, 3.8) is 0 Å². The first-order valence-corrected chi connectivity index (χ1v) is 10.1. The van der Waals surface area contributed by atoms with Crippen LogP contribution < -0.4 is 5.32 Å². The molecule has 2 rings (SSSR count). The Morgan fingerprint density at radius 2 is 1.58 bits per heavy atom. The van der Waals surface area contributed by atoms with Crippen molar-refractivity contribution in [3.05, 3.63) is 58.7 Å². The van der Waals surface area contributed by atoms with Gasteiger partial charge in [-0.2, -0.15) is 4.31 Å².